The average Bonchev–Trinajstić information content (AvgIpc) is 2.78. The third kappa shape index (κ3) is 3.64. The van der Waals surface area contributed by atoms with Crippen molar-refractivity contribution < 1.29 is 0 Å². The summed E-state index contributed by atoms with van der Waals surface area (Å²) in [5.41, 5.74) is 6.19. The van der Waals surface area contributed by atoms with E-state index in [1.165, 1.54) is 22.2 Å². The fourth-order valence-electron chi connectivity index (χ4n) is 3.82. The van der Waals surface area contributed by atoms with Crippen molar-refractivity contribution in [3.05, 3.63) is 68.3 Å². The molecule has 2 aromatic carbocycles. The van der Waals surface area contributed by atoms with Gasteiger partial charge in [-0.2, -0.15) is 0 Å². The van der Waals surface area contributed by atoms with Gasteiger partial charge in [-0.1, -0.05) is 40.9 Å². The highest BCUT2D eigenvalue weighted by atomic mass is 35.5. The molecule has 0 radical (unpaired) electrons. The zero-order valence-corrected chi connectivity index (χ0v) is 17.7. The van der Waals surface area contributed by atoms with E-state index < -0.39 is 0 Å². The summed E-state index contributed by atoms with van der Waals surface area (Å²) in [5.74, 6) is 0. The Morgan fingerprint density at radius 3 is 2.52 bits per heavy atom. The molecule has 0 bridgehead atoms. The lowest BCUT2D eigenvalue weighted by Crippen LogP contribution is -2.21. The molecule has 27 heavy (non-hydrogen) atoms. The van der Waals surface area contributed by atoms with Crippen molar-refractivity contribution in [2.24, 2.45) is 0 Å². The standard InChI is InChI=1S/C22H21Cl3N2/c1-14(15-3-5-19(24)20(25)11-15)13-27-21-6-4-16(23)12-18(21)17-7-9-26(2)10-8-22(17)27/h3-6,11-13H,7-10H2,1-2H3. The van der Waals surface area contributed by atoms with E-state index in [4.69, 9.17) is 34.8 Å². The van der Waals surface area contributed by atoms with Crippen molar-refractivity contribution in [2.45, 2.75) is 19.8 Å². The molecule has 0 saturated carbocycles. The Morgan fingerprint density at radius 2 is 1.74 bits per heavy atom. The van der Waals surface area contributed by atoms with Crippen LogP contribution in [0.5, 0.6) is 0 Å². The first-order valence-corrected chi connectivity index (χ1v) is 10.2. The van der Waals surface area contributed by atoms with Gasteiger partial charge in [-0.25, -0.2) is 0 Å². The summed E-state index contributed by atoms with van der Waals surface area (Å²) in [6.45, 7) is 4.22. The maximum Gasteiger partial charge on any atom is 0.0598 e. The summed E-state index contributed by atoms with van der Waals surface area (Å²) in [6, 6.07) is 12.0. The second-order valence-corrected chi connectivity index (χ2v) is 8.45. The Balaban J connectivity index is 1.89. The topological polar surface area (TPSA) is 8.17 Å². The van der Waals surface area contributed by atoms with E-state index in [1.807, 2.05) is 24.3 Å². The number of hydrogen-bond acceptors (Lipinski definition) is 1. The molecule has 0 aliphatic carbocycles. The number of aromatic nitrogens is 1. The Hall–Kier alpha value is -1.45. The Morgan fingerprint density at radius 1 is 0.963 bits per heavy atom. The van der Waals surface area contributed by atoms with Crippen LogP contribution in [0.2, 0.25) is 15.1 Å². The average molecular weight is 420 g/mol. The van der Waals surface area contributed by atoms with Gasteiger partial charge in [-0.05, 0) is 67.4 Å². The van der Waals surface area contributed by atoms with E-state index in [2.05, 4.69) is 41.8 Å². The zero-order valence-electron chi connectivity index (χ0n) is 15.4. The maximum absolute atomic E-state index is 6.31. The van der Waals surface area contributed by atoms with Gasteiger partial charge in [0.15, 0.2) is 0 Å². The van der Waals surface area contributed by atoms with Crippen LogP contribution in [0.4, 0.5) is 0 Å². The highest BCUT2D eigenvalue weighted by Gasteiger charge is 2.20. The summed E-state index contributed by atoms with van der Waals surface area (Å²) < 4.78 is 2.33. The number of fused-ring (bicyclic) bond motifs is 3. The molecule has 2 heterocycles. The molecule has 0 amide bonds. The van der Waals surface area contributed by atoms with Crippen molar-refractivity contribution in [3.8, 4) is 0 Å². The molecule has 0 N–H and O–H groups in total. The minimum atomic E-state index is 0.575. The van der Waals surface area contributed by atoms with E-state index >= 15 is 0 Å². The largest absolute Gasteiger partial charge is 0.320 e. The summed E-state index contributed by atoms with van der Waals surface area (Å²) in [5, 5.41) is 3.19. The summed E-state index contributed by atoms with van der Waals surface area (Å²) in [6.07, 6.45) is 4.26. The first kappa shape index (κ1) is 18.9. The van der Waals surface area contributed by atoms with Gasteiger partial charge < -0.3 is 9.47 Å². The molecular formula is C22H21Cl3N2. The van der Waals surface area contributed by atoms with Gasteiger partial charge in [-0.15, -0.1) is 0 Å². The van der Waals surface area contributed by atoms with Crippen LogP contribution in [0.15, 0.2) is 36.4 Å². The van der Waals surface area contributed by atoms with Crippen LogP contribution >= 0.6 is 34.8 Å². The van der Waals surface area contributed by atoms with Crippen LogP contribution in [0.25, 0.3) is 22.7 Å². The molecule has 1 aliphatic heterocycles. The molecule has 2 nitrogen and oxygen atoms in total. The maximum atomic E-state index is 6.31. The number of hydrogen-bond donors (Lipinski definition) is 0. The molecule has 1 aliphatic rings. The smallest absolute Gasteiger partial charge is 0.0598 e. The highest BCUT2D eigenvalue weighted by Crippen LogP contribution is 2.33. The van der Waals surface area contributed by atoms with Gasteiger partial charge in [0.1, 0.15) is 0 Å². The van der Waals surface area contributed by atoms with Crippen LogP contribution in [0.1, 0.15) is 23.7 Å². The van der Waals surface area contributed by atoms with Crippen molar-refractivity contribution in [3.63, 3.8) is 0 Å². The van der Waals surface area contributed by atoms with Crippen molar-refractivity contribution in [1.82, 2.24) is 9.47 Å². The number of rotatable bonds is 2. The second kappa shape index (κ2) is 7.52. The molecule has 1 aromatic heterocycles. The van der Waals surface area contributed by atoms with Crippen LogP contribution in [-0.2, 0) is 12.8 Å². The molecule has 140 valence electrons. The molecule has 5 heteroatoms. The highest BCUT2D eigenvalue weighted by molar-refractivity contribution is 6.42. The fourth-order valence-corrected chi connectivity index (χ4v) is 4.30. The third-order valence-electron chi connectivity index (χ3n) is 5.35. The van der Waals surface area contributed by atoms with E-state index in [9.17, 15) is 0 Å². The molecular weight excluding hydrogens is 399 g/mol. The second-order valence-electron chi connectivity index (χ2n) is 7.20. The van der Waals surface area contributed by atoms with Crippen molar-refractivity contribution >= 4 is 57.5 Å². The lowest BCUT2D eigenvalue weighted by Gasteiger charge is -2.13. The molecule has 0 saturated heterocycles. The van der Waals surface area contributed by atoms with E-state index in [0.29, 0.717) is 10.0 Å². The van der Waals surface area contributed by atoms with Crippen LogP contribution in [-0.4, -0.2) is 29.6 Å². The minimum absolute atomic E-state index is 0.575. The van der Waals surface area contributed by atoms with Crippen LogP contribution in [0.3, 0.4) is 0 Å². The van der Waals surface area contributed by atoms with Crippen molar-refractivity contribution in [2.75, 3.05) is 20.1 Å². The lowest BCUT2D eigenvalue weighted by atomic mass is 10.1. The fraction of sp³-hybridized carbons (Fsp3) is 0.273. The molecule has 0 spiro atoms. The van der Waals surface area contributed by atoms with E-state index in [1.54, 1.807) is 0 Å². The predicted molar refractivity (Wildman–Crippen MR) is 118 cm³/mol. The number of nitrogens with zero attached hydrogens (tertiary/aromatic N) is 2. The number of allylic oxidation sites excluding steroid dienone is 1. The molecule has 0 fully saturated rings. The monoisotopic (exact) mass is 418 g/mol. The van der Waals surface area contributed by atoms with Crippen LogP contribution in [0, 0.1) is 0 Å². The molecule has 3 aromatic rings. The SMILES string of the molecule is CC(=Cn1c2c(c3cc(Cl)ccc31)CCN(C)CC2)c1ccc(Cl)c(Cl)c1. The third-order valence-corrected chi connectivity index (χ3v) is 6.33. The van der Waals surface area contributed by atoms with Gasteiger partial charge in [0.25, 0.3) is 0 Å². The summed E-state index contributed by atoms with van der Waals surface area (Å²) in [4.78, 5) is 2.39. The normalized spacial score (nSPS) is 15.8. The zero-order chi connectivity index (χ0) is 19.1. The van der Waals surface area contributed by atoms with Gasteiger partial charge in [0, 0.05) is 41.8 Å². The van der Waals surface area contributed by atoms with Gasteiger partial charge >= 0.3 is 0 Å². The van der Waals surface area contributed by atoms with E-state index in [-0.39, 0.29) is 0 Å². The van der Waals surface area contributed by atoms with E-state index in [0.717, 1.165) is 42.1 Å². The number of halogens is 3. The van der Waals surface area contributed by atoms with Crippen LogP contribution < -0.4 is 0 Å². The summed E-state index contributed by atoms with van der Waals surface area (Å²) in [7, 11) is 2.18. The quantitative estimate of drug-likeness (QED) is 0.451. The Labute approximate surface area is 174 Å². The number of benzene rings is 2. The molecule has 0 unspecified atom stereocenters. The summed E-state index contributed by atoms with van der Waals surface area (Å²) >= 11 is 18.6. The first-order valence-electron chi connectivity index (χ1n) is 9.07. The van der Waals surface area contributed by atoms with Crippen molar-refractivity contribution in [1.29, 1.82) is 0 Å². The minimum Gasteiger partial charge on any atom is -0.320 e. The number of likely N-dealkylation sites (N-methyl/N-ethyl adjacent to an activating group) is 1. The molecule has 0 atom stereocenters. The lowest BCUT2D eigenvalue weighted by molar-refractivity contribution is 0.351. The first-order chi connectivity index (χ1) is 12.9. The molecule has 4 rings (SSSR count). The predicted octanol–water partition coefficient (Wildman–Crippen LogP) is 6.65. The van der Waals surface area contributed by atoms with Gasteiger partial charge in [-0.3, -0.25) is 0 Å². The van der Waals surface area contributed by atoms with Gasteiger partial charge in [0.2, 0.25) is 0 Å². The Kier molecular flexibility index (Phi) is 5.26. The Bertz CT molecular complexity index is 1050. The van der Waals surface area contributed by atoms with Gasteiger partial charge in [0.05, 0.1) is 15.6 Å².